The molecule has 0 spiro atoms. The molecular weight excluding hydrogens is 247 g/mol. The largest absolute Gasteiger partial charge is 0.481 e. The molecule has 1 aromatic carbocycles. The fraction of sp³-hybridized carbons (Fsp3) is 0.500. The Labute approximate surface area is 112 Å². The van der Waals surface area contributed by atoms with Gasteiger partial charge in [-0.25, -0.2) is 4.39 Å². The summed E-state index contributed by atoms with van der Waals surface area (Å²) in [4.78, 5) is 15.1. The average Bonchev–Trinajstić information content (AvgIpc) is 2.48. The first-order valence-corrected chi connectivity index (χ1v) is 6.41. The highest BCUT2D eigenvalue weighted by atomic mass is 19.1. The highest BCUT2D eigenvalue weighted by Gasteiger charge is 2.30. The van der Waals surface area contributed by atoms with Gasteiger partial charge in [-0.3, -0.25) is 4.79 Å². The van der Waals surface area contributed by atoms with Crippen LogP contribution in [0.15, 0.2) is 24.3 Å². The highest BCUT2D eigenvalue weighted by Crippen LogP contribution is 2.24. The molecule has 1 aliphatic rings. The van der Waals surface area contributed by atoms with Crippen LogP contribution in [0, 0.1) is 11.7 Å². The zero-order valence-corrected chi connectivity index (χ0v) is 11.2. The van der Waals surface area contributed by atoms with Crippen LogP contribution in [0.3, 0.4) is 0 Å². The Morgan fingerprint density at radius 1 is 1.32 bits per heavy atom. The van der Waals surface area contributed by atoms with Gasteiger partial charge < -0.3 is 14.9 Å². The molecule has 1 N–H and O–H groups in total. The van der Waals surface area contributed by atoms with Gasteiger partial charge in [0.05, 0.1) is 11.6 Å². The summed E-state index contributed by atoms with van der Waals surface area (Å²) in [7, 11) is 1.90. The lowest BCUT2D eigenvalue weighted by atomic mass is 10.1. The second kappa shape index (κ2) is 5.57. The maximum Gasteiger partial charge on any atom is 0.309 e. The number of anilines is 1. The van der Waals surface area contributed by atoms with E-state index < -0.39 is 11.9 Å². The highest BCUT2D eigenvalue weighted by molar-refractivity contribution is 5.71. The molecule has 2 rings (SSSR count). The first-order valence-electron chi connectivity index (χ1n) is 6.41. The predicted octanol–water partition coefficient (Wildman–Crippen LogP) is 1.67. The van der Waals surface area contributed by atoms with Crippen molar-refractivity contribution in [3.63, 3.8) is 0 Å². The van der Waals surface area contributed by atoms with Crippen molar-refractivity contribution in [2.24, 2.45) is 5.92 Å². The third kappa shape index (κ3) is 3.04. The predicted molar refractivity (Wildman–Crippen MR) is 71.8 cm³/mol. The van der Waals surface area contributed by atoms with Crippen molar-refractivity contribution in [1.82, 2.24) is 4.90 Å². The first kappa shape index (κ1) is 13.8. The molecule has 0 aliphatic carbocycles. The van der Waals surface area contributed by atoms with E-state index in [1.54, 1.807) is 18.2 Å². The zero-order chi connectivity index (χ0) is 14.0. The third-order valence-corrected chi connectivity index (χ3v) is 3.57. The minimum absolute atomic E-state index is 0.0752. The minimum atomic E-state index is -0.831. The van der Waals surface area contributed by atoms with Crippen LogP contribution in [0.1, 0.15) is 6.92 Å². The lowest BCUT2D eigenvalue weighted by molar-refractivity contribution is -0.141. The molecule has 4 nitrogen and oxygen atoms in total. The van der Waals surface area contributed by atoms with E-state index in [1.807, 2.05) is 23.8 Å². The van der Waals surface area contributed by atoms with Crippen molar-refractivity contribution in [2.75, 3.05) is 31.6 Å². The Kier molecular flexibility index (Phi) is 4.04. The molecule has 1 aromatic rings. The van der Waals surface area contributed by atoms with Crippen LogP contribution in [-0.4, -0.2) is 48.7 Å². The first-order chi connectivity index (χ1) is 8.99. The van der Waals surface area contributed by atoms with Gasteiger partial charge in [-0.2, -0.15) is 0 Å². The van der Waals surface area contributed by atoms with Gasteiger partial charge in [-0.05, 0) is 26.1 Å². The molecule has 0 saturated carbocycles. The van der Waals surface area contributed by atoms with Gasteiger partial charge >= 0.3 is 5.97 Å². The van der Waals surface area contributed by atoms with E-state index in [4.69, 9.17) is 0 Å². The van der Waals surface area contributed by atoms with Crippen molar-refractivity contribution in [1.29, 1.82) is 0 Å². The number of carbonyl (C=O) groups is 1. The van der Waals surface area contributed by atoms with Crippen molar-refractivity contribution in [3.05, 3.63) is 30.1 Å². The lowest BCUT2D eigenvalue weighted by Gasteiger charge is -2.31. The van der Waals surface area contributed by atoms with Gasteiger partial charge in [-0.15, -0.1) is 0 Å². The quantitative estimate of drug-likeness (QED) is 0.884. The van der Waals surface area contributed by atoms with Gasteiger partial charge in [0, 0.05) is 25.7 Å². The minimum Gasteiger partial charge on any atom is -0.481 e. The van der Waals surface area contributed by atoms with E-state index in [0.29, 0.717) is 18.8 Å². The average molecular weight is 266 g/mol. The molecule has 1 fully saturated rings. The van der Waals surface area contributed by atoms with E-state index in [-0.39, 0.29) is 11.9 Å². The molecule has 2 unspecified atom stereocenters. The van der Waals surface area contributed by atoms with Crippen LogP contribution < -0.4 is 4.90 Å². The molecule has 0 amide bonds. The summed E-state index contributed by atoms with van der Waals surface area (Å²) in [5.74, 6) is -1.64. The lowest BCUT2D eigenvalue weighted by Crippen LogP contribution is -2.39. The number of halogens is 1. The molecular formula is C14H19FN2O2. The molecule has 1 heterocycles. The number of hydrogen-bond acceptors (Lipinski definition) is 3. The smallest absolute Gasteiger partial charge is 0.309 e. The normalized spacial score (nSPS) is 25.1. The van der Waals surface area contributed by atoms with Crippen LogP contribution in [0.4, 0.5) is 10.1 Å². The van der Waals surface area contributed by atoms with Crippen LogP contribution in [0.2, 0.25) is 0 Å². The van der Waals surface area contributed by atoms with E-state index in [9.17, 15) is 14.3 Å². The Bertz CT molecular complexity index is 467. The Balaban J connectivity index is 2.31. The fourth-order valence-corrected chi connectivity index (χ4v) is 2.65. The summed E-state index contributed by atoms with van der Waals surface area (Å²) in [6.07, 6.45) is 0. The summed E-state index contributed by atoms with van der Waals surface area (Å²) >= 11 is 0. The molecule has 1 saturated heterocycles. The number of aliphatic carboxylic acids is 1. The number of likely N-dealkylation sites (N-methyl/N-ethyl adjacent to an activating group) is 1. The molecule has 2 atom stereocenters. The summed E-state index contributed by atoms with van der Waals surface area (Å²) in [5, 5.41) is 9.25. The Morgan fingerprint density at radius 3 is 2.63 bits per heavy atom. The fourth-order valence-electron chi connectivity index (χ4n) is 2.65. The summed E-state index contributed by atoms with van der Waals surface area (Å²) in [6.45, 7) is 3.54. The Morgan fingerprint density at radius 2 is 2.00 bits per heavy atom. The second-order valence-corrected chi connectivity index (χ2v) is 5.21. The number of carboxylic acid groups (broad SMARTS) is 1. The van der Waals surface area contributed by atoms with Crippen molar-refractivity contribution in [2.45, 2.75) is 13.0 Å². The zero-order valence-electron chi connectivity index (χ0n) is 11.2. The topological polar surface area (TPSA) is 43.8 Å². The molecule has 0 aromatic heterocycles. The molecule has 0 bridgehead atoms. The molecule has 104 valence electrons. The maximum absolute atomic E-state index is 13.9. The van der Waals surface area contributed by atoms with Gasteiger partial charge in [0.25, 0.3) is 0 Å². The summed E-state index contributed by atoms with van der Waals surface area (Å²) < 4.78 is 13.9. The second-order valence-electron chi connectivity index (χ2n) is 5.21. The van der Waals surface area contributed by atoms with E-state index >= 15 is 0 Å². The van der Waals surface area contributed by atoms with Crippen LogP contribution in [0.25, 0.3) is 0 Å². The van der Waals surface area contributed by atoms with E-state index in [0.717, 1.165) is 6.54 Å². The monoisotopic (exact) mass is 266 g/mol. The molecule has 19 heavy (non-hydrogen) atoms. The van der Waals surface area contributed by atoms with E-state index in [1.165, 1.54) is 6.07 Å². The van der Waals surface area contributed by atoms with Crippen molar-refractivity contribution < 1.29 is 14.3 Å². The number of benzene rings is 1. The van der Waals surface area contributed by atoms with Gasteiger partial charge in [0.2, 0.25) is 0 Å². The van der Waals surface area contributed by atoms with Crippen molar-refractivity contribution in [3.8, 4) is 0 Å². The maximum atomic E-state index is 13.9. The number of rotatable bonds is 2. The number of para-hydroxylation sites is 1. The van der Waals surface area contributed by atoms with Gasteiger partial charge in [-0.1, -0.05) is 12.1 Å². The molecule has 0 radical (unpaired) electrons. The summed E-state index contributed by atoms with van der Waals surface area (Å²) in [5.41, 5.74) is 0.483. The van der Waals surface area contributed by atoms with Gasteiger partial charge in [0.1, 0.15) is 5.82 Å². The summed E-state index contributed by atoms with van der Waals surface area (Å²) in [6, 6.07) is 6.60. The SMILES string of the molecule is CC1CN(C)CC(C(=O)O)CN1c1ccccc1F. The number of nitrogens with zero attached hydrogens (tertiary/aromatic N) is 2. The molecule has 1 aliphatic heterocycles. The van der Waals surface area contributed by atoms with Crippen LogP contribution >= 0.6 is 0 Å². The third-order valence-electron chi connectivity index (χ3n) is 3.57. The van der Waals surface area contributed by atoms with Crippen LogP contribution in [-0.2, 0) is 4.79 Å². The standard InChI is InChI=1S/C14H19FN2O2/c1-10-7-16(2)8-11(14(18)19)9-17(10)13-6-4-3-5-12(13)15/h3-6,10-11H,7-9H2,1-2H3,(H,18,19). The molecule has 5 heteroatoms. The van der Waals surface area contributed by atoms with Crippen LogP contribution in [0.5, 0.6) is 0 Å². The number of hydrogen-bond donors (Lipinski definition) is 1. The number of carboxylic acids is 1. The van der Waals surface area contributed by atoms with Gasteiger partial charge in [0.15, 0.2) is 0 Å². The van der Waals surface area contributed by atoms with E-state index in [2.05, 4.69) is 0 Å². The van der Waals surface area contributed by atoms with Crippen molar-refractivity contribution >= 4 is 11.7 Å². The Hall–Kier alpha value is -1.62.